The topological polar surface area (TPSA) is 30.7 Å². The predicted octanol–water partition coefficient (Wildman–Crippen LogP) is 4.04. The molecule has 0 spiro atoms. The number of hydrogen-bond donors (Lipinski definition) is 0. The van der Waals surface area contributed by atoms with E-state index in [1.165, 1.54) is 11.1 Å². The van der Waals surface area contributed by atoms with Gasteiger partial charge in [0.2, 0.25) is 0 Å². The summed E-state index contributed by atoms with van der Waals surface area (Å²) in [4.78, 5) is 1.83. The van der Waals surface area contributed by atoms with Crippen LogP contribution in [0.4, 0.5) is 0 Å². The van der Waals surface area contributed by atoms with Gasteiger partial charge in [-0.25, -0.2) is 0 Å². The summed E-state index contributed by atoms with van der Waals surface area (Å²) in [6.07, 6.45) is 3.15. The number of benzene rings is 1. The fourth-order valence-electron chi connectivity index (χ4n) is 2.11. The van der Waals surface area contributed by atoms with Gasteiger partial charge in [-0.05, 0) is 32.3 Å². The molecule has 0 aliphatic rings. The van der Waals surface area contributed by atoms with Crippen LogP contribution in [-0.2, 0) is 12.8 Å². The van der Waals surface area contributed by atoms with E-state index >= 15 is 0 Å². The summed E-state index contributed by atoms with van der Waals surface area (Å²) in [5.74, 6) is 0. The first-order chi connectivity index (χ1) is 9.15. The van der Waals surface area contributed by atoms with Crippen LogP contribution < -0.4 is 0 Å². The molecule has 2 rings (SSSR count). The molecule has 1 aromatic heterocycles. The molecule has 2 aromatic rings. The van der Waals surface area contributed by atoms with Crippen molar-refractivity contribution >= 4 is 0 Å². The Balaban J connectivity index is 2.40. The van der Waals surface area contributed by atoms with Gasteiger partial charge in [-0.1, -0.05) is 44.5 Å². The third kappa shape index (κ3) is 3.03. The van der Waals surface area contributed by atoms with Crippen LogP contribution in [0.2, 0.25) is 0 Å². The van der Waals surface area contributed by atoms with Crippen molar-refractivity contribution in [3.05, 3.63) is 35.5 Å². The van der Waals surface area contributed by atoms with Crippen LogP contribution >= 0.6 is 0 Å². The Morgan fingerprint density at radius 3 is 2.26 bits per heavy atom. The van der Waals surface area contributed by atoms with E-state index in [1.807, 2.05) is 4.80 Å². The number of nitrogens with zero attached hydrogens (tertiary/aromatic N) is 3. The van der Waals surface area contributed by atoms with E-state index in [1.54, 1.807) is 0 Å². The maximum absolute atomic E-state index is 4.66. The molecule has 3 heteroatoms. The molecule has 1 aromatic carbocycles. The molecule has 0 saturated heterocycles. The van der Waals surface area contributed by atoms with Gasteiger partial charge in [0.25, 0.3) is 0 Å². The van der Waals surface area contributed by atoms with Crippen LogP contribution in [0.25, 0.3) is 11.3 Å². The Labute approximate surface area is 115 Å². The molecule has 0 bridgehead atoms. The lowest BCUT2D eigenvalue weighted by Crippen LogP contribution is -2.05. The second-order valence-corrected chi connectivity index (χ2v) is 5.21. The van der Waals surface area contributed by atoms with Crippen molar-refractivity contribution in [1.29, 1.82) is 0 Å². The Kier molecular flexibility index (Phi) is 4.35. The lowest BCUT2D eigenvalue weighted by Gasteiger charge is -2.02. The van der Waals surface area contributed by atoms with Gasteiger partial charge in [0, 0.05) is 5.56 Å². The molecule has 0 amide bonds. The van der Waals surface area contributed by atoms with Crippen LogP contribution in [0.5, 0.6) is 0 Å². The second kappa shape index (κ2) is 6.00. The minimum atomic E-state index is 0.305. The maximum Gasteiger partial charge on any atom is 0.116 e. The summed E-state index contributed by atoms with van der Waals surface area (Å²) >= 11 is 0. The highest BCUT2D eigenvalue weighted by Gasteiger charge is 2.13. The van der Waals surface area contributed by atoms with Crippen molar-refractivity contribution in [2.45, 2.75) is 53.0 Å². The van der Waals surface area contributed by atoms with Gasteiger partial charge < -0.3 is 0 Å². The third-order valence-electron chi connectivity index (χ3n) is 3.28. The van der Waals surface area contributed by atoms with Crippen molar-refractivity contribution in [3.63, 3.8) is 0 Å². The molecule has 0 aliphatic carbocycles. The SMILES string of the molecule is CCCc1nn(C(C)C)nc1-c1ccc(CC)cc1. The monoisotopic (exact) mass is 257 g/mol. The van der Waals surface area contributed by atoms with Crippen molar-refractivity contribution in [1.82, 2.24) is 15.0 Å². The number of rotatable bonds is 5. The summed E-state index contributed by atoms with van der Waals surface area (Å²) in [7, 11) is 0. The molecule has 19 heavy (non-hydrogen) atoms. The van der Waals surface area contributed by atoms with Crippen LogP contribution in [0, 0.1) is 0 Å². The summed E-state index contributed by atoms with van der Waals surface area (Å²) < 4.78 is 0. The van der Waals surface area contributed by atoms with Crippen molar-refractivity contribution < 1.29 is 0 Å². The average molecular weight is 257 g/mol. The fraction of sp³-hybridized carbons (Fsp3) is 0.500. The minimum absolute atomic E-state index is 0.305. The first-order valence-corrected chi connectivity index (χ1v) is 7.20. The van der Waals surface area contributed by atoms with E-state index in [4.69, 9.17) is 0 Å². The first-order valence-electron chi connectivity index (χ1n) is 7.20. The van der Waals surface area contributed by atoms with Crippen LogP contribution in [0.1, 0.15) is 51.4 Å². The van der Waals surface area contributed by atoms with Crippen molar-refractivity contribution in [3.8, 4) is 11.3 Å². The molecule has 0 N–H and O–H groups in total. The molecule has 1 heterocycles. The summed E-state index contributed by atoms with van der Waals surface area (Å²) in [6, 6.07) is 8.98. The molecular weight excluding hydrogens is 234 g/mol. The molecule has 3 nitrogen and oxygen atoms in total. The lowest BCUT2D eigenvalue weighted by molar-refractivity contribution is 0.463. The van der Waals surface area contributed by atoms with Gasteiger partial charge >= 0.3 is 0 Å². The molecule has 0 aliphatic heterocycles. The molecule has 0 unspecified atom stereocenters. The van der Waals surface area contributed by atoms with Crippen molar-refractivity contribution in [2.75, 3.05) is 0 Å². The Morgan fingerprint density at radius 2 is 1.74 bits per heavy atom. The Hall–Kier alpha value is -1.64. The number of aryl methyl sites for hydroxylation is 2. The van der Waals surface area contributed by atoms with Gasteiger partial charge in [0.05, 0.1) is 11.7 Å². The van der Waals surface area contributed by atoms with Gasteiger partial charge in [-0.15, -0.1) is 0 Å². The van der Waals surface area contributed by atoms with E-state index in [0.29, 0.717) is 6.04 Å². The van der Waals surface area contributed by atoms with E-state index in [2.05, 4.69) is 62.2 Å². The smallest absolute Gasteiger partial charge is 0.116 e. The summed E-state index contributed by atoms with van der Waals surface area (Å²) in [5.41, 5.74) is 4.68. The minimum Gasteiger partial charge on any atom is -0.181 e. The molecule has 0 atom stereocenters. The largest absolute Gasteiger partial charge is 0.181 e. The molecular formula is C16H23N3. The highest BCUT2D eigenvalue weighted by molar-refractivity contribution is 5.61. The van der Waals surface area contributed by atoms with E-state index < -0.39 is 0 Å². The van der Waals surface area contributed by atoms with Crippen LogP contribution in [0.15, 0.2) is 24.3 Å². The maximum atomic E-state index is 4.66. The predicted molar refractivity (Wildman–Crippen MR) is 79.2 cm³/mol. The lowest BCUT2D eigenvalue weighted by atomic mass is 10.0. The fourth-order valence-corrected chi connectivity index (χ4v) is 2.11. The average Bonchev–Trinajstić information content (AvgIpc) is 2.84. The third-order valence-corrected chi connectivity index (χ3v) is 3.28. The van der Waals surface area contributed by atoms with E-state index in [0.717, 1.165) is 30.7 Å². The normalized spacial score (nSPS) is 11.2. The zero-order valence-corrected chi connectivity index (χ0v) is 12.3. The van der Waals surface area contributed by atoms with Gasteiger partial charge in [-0.3, -0.25) is 0 Å². The van der Waals surface area contributed by atoms with Crippen LogP contribution in [0.3, 0.4) is 0 Å². The second-order valence-electron chi connectivity index (χ2n) is 5.21. The molecule has 0 radical (unpaired) electrons. The summed E-state index contributed by atoms with van der Waals surface area (Å²) in [5, 5.41) is 9.28. The number of aromatic nitrogens is 3. The van der Waals surface area contributed by atoms with E-state index in [9.17, 15) is 0 Å². The molecule has 102 valence electrons. The van der Waals surface area contributed by atoms with Crippen LogP contribution in [-0.4, -0.2) is 15.0 Å². The number of hydrogen-bond acceptors (Lipinski definition) is 2. The summed E-state index contributed by atoms with van der Waals surface area (Å²) in [6.45, 7) is 8.57. The quantitative estimate of drug-likeness (QED) is 0.809. The molecule has 0 saturated carbocycles. The standard InChI is InChI=1S/C16H23N3/c1-5-7-15-16(18-19(17-15)12(3)4)14-10-8-13(6-2)9-11-14/h8-12H,5-7H2,1-4H3. The van der Waals surface area contributed by atoms with Gasteiger partial charge in [-0.2, -0.15) is 15.0 Å². The van der Waals surface area contributed by atoms with Crippen molar-refractivity contribution in [2.24, 2.45) is 0 Å². The highest BCUT2D eigenvalue weighted by atomic mass is 15.5. The Bertz CT molecular complexity index is 523. The first kappa shape index (κ1) is 13.8. The highest BCUT2D eigenvalue weighted by Crippen LogP contribution is 2.23. The van der Waals surface area contributed by atoms with E-state index in [-0.39, 0.29) is 0 Å². The Morgan fingerprint density at radius 1 is 1.05 bits per heavy atom. The van der Waals surface area contributed by atoms with Gasteiger partial charge in [0.1, 0.15) is 5.69 Å². The zero-order chi connectivity index (χ0) is 13.8. The van der Waals surface area contributed by atoms with Gasteiger partial charge in [0.15, 0.2) is 0 Å². The zero-order valence-electron chi connectivity index (χ0n) is 12.3. The molecule has 0 fully saturated rings.